The van der Waals surface area contributed by atoms with Gasteiger partial charge in [-0.1, -0.05) is 32.0 Å². The molecule has 5 aromatic rings. The number of hydrogen-bond donors (Lipinski definition) is 3. The first kappa shape index (κ1) is 35.9. The quantitative estimate of drug-likeness (QED) is 0.139. The summed E-state index contributed by atoms with van der Waals surface area (Å²) in [4.78, 5) is 53.5. The van der Waals surface area contributed by atoms with E-state index in [9.17, 15) is 14.4 Å². The Bertz CT molecular complexity index is 2200. The molecular formula is C37H42FN9O5. The number of pyridine rings is 1. The van der Waals surface area contributed by atoms with Crippen LogP contribution in [0.5, 0.6) is 0 Å². The maximum atomic E-state index is 15.6. The Morgan fingerprint density at radius 2 is 1.88 bits per heavy atom. The molecule has 0 spiro atoms. The van der Waals surface area contributed by atoms with E-state index in [1.807, 2.05) is 19.9 Å². The second kappa shape index (κ2) is 14.4. The summed E-state index contributed by atoms with van der Waals surface area (Å²) in [6.45, 7) is 8.61. The number of alkyl carbamates (subject to hydrolysis) is 1. The molecule has 1 fully saturated rings. The molecule has 52 heavy (non-hydrogen) atoms. The van der Waals surface area contributed by atoms with E-state index < -0.39 is 35.1 Å². The fourth-order valence-corrected chi connectivity index (χ4v) is 5.92. The Morgan fingerprint density at radius 3 is 2.56 bits per heavy atom. The molecule has 1 saturated carbocycles. The SMILES string of the molecule is CC(C)C[C@H](NC(=O)OC(C)(C)C)C(=O)OCc1c(-c2nc(N)nc(Nc3cnn(C)c3)n2)cccc1-n1ccc2cc(C3CC3)cc(F)c2c1=O. The van der Waals surface area contributed by atoms with Crippen LogP contribution in [0.2, 0.25) is 0 Å². The summed E-state index contributed by atoms with van der Waals surface area (Å²) in [6, 6.07) is 8.97. The lowest BCUT2D eigenvalue weighted by Gasteiger charge is -2.24. The zero-order valence-corrected chi connectivity index (χ0v) is 29.9. The van der Waals surface area contributed by atoms with Crippen molar-refractivity contribution in [1.82, 2.24) is 34.6 Å². The minimum absolute atomic E-state index is 0.0146. The van der Waals surface area contributed by atoms with E-state index in [1.165, 1.54) is 10.6 Å². The zero-order chi connectivity index (χ0) is 37.3. The van der Waals surface area contributed by atoms with E-state index in [2.05, 4.69) is 30.7 Å². The minimum atomic E-state index is -1.04. The van der Waals surface area contributed by atoms with Crippen molar-refractivity contribution in [3.63, 3.8) is 0 Å². The summed E-state index contributed by atoms with van der Waals surface area (Å²) < 4.78 is 29.8. The number of aromatic nitrogens is 6. The van der Waals surface area contributed by atoms with Crippen LogP contribution >= 0.6 is 0 Å². The number of ether oxygens (including phenoxy) is 2. The number of amides is 1. The maximum Gasteiger partial charge on any atom is 0.408 e. The summed E-state index contributed by atoms with van der Waals surface area (Å²) in [7, 11) is 1.76. The molecule has 0 bridgehead atoms. The minimum Gasteiger partial charge on any atom is -0.459 e. The van der Waals surface area contributed by atoms with Crippen LogP contribution < -0.4 is 21.9 Å². The van der Waals surface area contributed by atoms with Crippen molar-refractivity contribution >= 4 is 40.4 Å². The number of carbonyl (C=O) groups is 2. The standard InChI is InChI=1S/C37H42FN9O5/c1-20(2)14-28(42-36(50)52-37(3,4)5)33(49)51-19-26-25(31-43-34(39)45-35(44-31)41-24-17-40-46(6)18-24)8-7-9-29(26)47-13-12-22-15-23(21-10-11-21)16-27(38)30(22)32(47)48/h7-9,12-13,15-18,20-21,28H,10-11,14,19H2,1-6H3,(H,42,50)(H3,39,41,43,44,45)/t28-/m0/s1. The van der Waals surface area contributed by atoms with E-state index in [-0.39, 0.29) is 42.1 Å². The van der Waals surface area contributed by atoms with Gasteiger partial charge in [0.05, 0.1) is 23.0 Å². The molecule has 1 aliphatic rings. The number of halogens is 1. The Balaban J connectivity index is 1.42. The average molecular weight is 712 g/mol. The van der Waals surface area contributed by atoms with Crippen molar-refractivity contribution in [2.24, 2.45) is 13.0 Å². The number of nitrogens with zero attached hydrogens (tertiary/aromatic N) is 6. The predicted molar refractivity (Wildman–Crippen MR) is 194 cm³/mol. The number of nitrogen functional groups attached to an aromatic ring is 1. The Labute approximate surface area is 299 Å². The molecule has 0 aliphatic heterocycles. The highest BCUT2D eigenvalue weighted by Gasteiger charge is 2.28. The van der Waals surface area contributed by atoms with Crippen LogP contribution in [0.15, 0.2) is 59.8 Å². The number of anilines is 3. The van der Waals surface area contributed by atoms with Crippen molar-refractivity contribution < 1.29 is 23.5 Å². The molecule has 14 nitrogen and oxygen atoms in total. The van der Waals surface area contributed by atoms with Crippen molar-refractivity contribution in [2.45, 2.75) is 78.0 Å². The van der Waals surface area contributed by atoms with E-state index >= 15 is 4.39 Å². The van der Waals surface area contributed by atoms with Gasteiger partial charge in [-0.25, -0.2) is 14.0 Å². The number of rotatable bonds is 11. The van der Waals surface area contributed by atoms with Crippen LogP contribution in [-0.4, -0.2) is 53.0 Å². The van der Waals surface area contributed by atoms with Gasteiger partial charge in [0.25, 0.3) is 5.56 Å². The van der Waals surface area contributed by atoms with Gasteiger partial charge in [-0.05, 0) is 81.0 Å². The number of nitrogens with two attached hydrogens (primary N) is 1. The van der Waals surface area contributed by atoms with Crippen LogP contribution in [-0.2, 0) is 27.9 Å². The van der Waals surface area contributed by atoms with Crippen LogP contribution in [0.1, 0.15) is 70.9 Å². The first-order valence-electron chi connectivity index (χ1n) is 17.1. The first-order chi connectivity index (χ1) is 24.6. The van der Waals surface area contributed by atoms with Crippen LogP contribution in [0.4, 0.5) is 26.8 Å². The van der Waals surface area contributed by atoms with Gasteiger partial charge < -0.3 is 25.8 Å². The Morgan fingerprint density at radius 1 is 1.12 bits per heavy atom. The highest BCUT2D eigenvalue weighted by Crippen LogP contribution is 2.41. The molecule has 0 radical (unpaired) electrons. The summed E-state index contributed by atoms with van der Waals surface area (Å²) >= 11 is 0. The highest BCUT2D eigenvalue weighted by molar-refractivity contribution is 5.84. The van der Waals surface area contributed by atoms with Gasteiger partial charge in [0, 0.05) is 30.6 Å². The number of carbonyl (C=O) groups excluding carboxylic acids is 2. The summed E-state index contributed by atoms with van der Waals surface area (Å²) in [6.07, 6.45) is 6.36. The Kier molecular flexibility index (Phi) is 9.96. The van der Waals surface area contributed by atoms with E-state index in [0.29, 0.717) is 33.8 Å². The van der Waals surface area contributed by atoms with Crippen LogP contribution in [0.25, 0.3) is 27.8 Å². The van der Waals surface area contributed by atoms with Gasteiger partial charge in [0.1, 0.15) is 24.1 Å². The maximum absolute atomic E-state index is 15.6. The van der Waals surface area contributed by atoms with Crippen molar-refractivity contribution in [3.05, 3.63) is 82.3 Å². The van der Waals surface area contributed by atoms with Crippen molar-refractivity contribution in [2.75, 3.05) is 11.1 Å². The summed E-state index contributed by atoms with van der Waals surface area (Å²) in [5.41, 5.74) is 7.22. The summed E-state index contributed by atoms with van der Waals surface area (Å²) in [5.74, 6) is -0.873. The normalized spacial score (nSPS) is 13.6. The lowest BCUT2D eigenvalue weighted by atomic mass is 10.0. The smallest absolute Gasteiger partial charge is 0.408 e. The van der Waals surface area contributed by atoms with Crippen molar-refractivity contribution in [3.8, 4) is 17.1 Å². The van der Waals surface area contributed by atoms with Crippen LogP contribution in [0.3, 0.4) is 0 Å². The molecule has 1 atom stereocenters. The second-order valence-electron chi connectivity index (χ2n) is 14.3. The fraction of sp³-hybridized carbons (Fsp3) is 0.378. The predicted octanol–water partition coefficient (Wildman–Crippen LogP) is 5.90. The molecule has 1 amide bonds. The molecule has 0 unspecified atom stereocenters. The molecule has 15 heteroatoms. The molecule has 4 N–H and O–H groups in total. The topological polar surface area (TPSA) is 181 Å². The molecular weight excluding hydrogens is 669 g/mol. The first-order valence-corrected chi connectivity index (χ1v) is 17.1. The van der Waals surface area contributed by atoms with E-state index in [4.69, 9.17) is 15.2 Å². The van der Waals surface area contributed by atoms with Gasteiger partial charge >= 0.3 is 12.1 Å². The number of aryl methyl sites for hydroxylation is 1. The zero-order valence-electron chi connectivity index (χ0n) is 29.9. The third-order valence-corrected chi connectivity index (χ3v) is 8.33. The van der Waals surface area contributed by atoms with Gasteiger partial charge in [-0.3, -0.25) is 14.0 Å². The van der Waals surface area contributed by atoms with Gasteiger partial charge in [0.2, 0.25) is 11.9 Å². The van der Waals surface area contributed by atoms with Crippen molar-refractivity contribution in [1.29, 1.82) is 0 Å². The molecule has 6 rings (SSSR count). The molecule has 3 heterocycles. The average Bonchev–Trinajstić information content (AvgIpc) is 3.83. The van der Waals surface area contributed by atoms with Crippen LogP contribution in [0, 0.1) is 11.7 Å². The number of esters is 1. The van der Waals surface area contributed by atoms with E-state index in [0.717, 1.165) is 18.4 Å². The van der Waals surface area contributed by atoms with Gasteiger partial charge in [-0.15, -0.1) is 0 Å². The molecule has 0 saturated heterocycles. The fourth-order valence-electron chi connectivity index (χ4n) is 5.92. The van der Waals surface area contributed by atoms with Gasteiger partial charge in [0.15, 0.2) is 5.82 Å². The molecule has 3 aromatic heterocycles. The summed E-state index contributed by atoms with van der Waals surface area (Å²) in [5, 5.41) is 10.3. The number of benzene rings is 2. The monoisotopic (exact) mass is 711 g/mol. The van der Waals surface area contributed by atoms with Gasteiger partial charge in [-0.2, -0.15) is 20.1 Å². The largest absolute Gasteiger partial charge is 0.459 e. The lowest BCUT2D eigenvalue weighted by Crippen LogP contribution is -2.44. The second-order valence-corrected chi connectivity index (χ2v) is 14.3. The third-order valence-electron chi connectivity index (χ3n) is 8.33. The Hall–Kier alpha value is -5.86. The number of fused-ring (bicyclic) bond motifs is 1. The highest BCUT2D eigenvalue weighted by atomic mass is 19.1. The van der Waals surface area contributed by atoms with E-state index in [1.54, 1.807) is 75.4 Å². The lowest BCUT2D eigenvalue weighted by molar-refractivity contribution is -0.148. The number of hydrogen-bond acceptors (Lipinski definition) is 11. The molecule has 2 aromatic carbocycles. The number of nitrogens with one attached hydrogen (secondary N) is 2. The molecule has 272 valence electrons. The third kappa shape index (κ3) is 8.36. The molecule has 1 aliphatic carbocycles.